The standard InChI is InChI=1S/C54H44ClF2N3/c1-31-24-48(51(55)49(25-31)60-46-19-13-12-18-45(46)59-47-30-42(57)41(56)26-32(47)27-50(59)60)58-43-22-20-33(52(2,3)4)28-39(43)54(40-29-34(53(5,6)7)21-23-44(40)58)37-16-10-8-14-35(37)36-15-9-11-17-38(36)54/h8-30H,1-7H3. The molecule has 3 nitrogen and oxygen atoms in total. The third-order valence-electron chi connectivity index (χ3n) is 13.0. The number of aryl methyl sites for hydroxylation is 1. The van der Waals surface area contributed by atoms with E-state index in [2.05, 4.69) is 161 Å². The fraction of sp³-hybridized carbons (Fsp3) is 0.185. The van der Waals surface area contributed by atoms with Crippen LogP contribution in [0.4, 0.5) is 25.8 Å². The van der Waals surface area contributed by atoms with Crippen LogP contribution in [0.15, 0.2) is 140 Å². The molecule has 2 aromatic heterocycles. The quantitative estimate of drug-likeness (QED) is 0.169. The third-order valence-corrected chi connectivity index (χ3v) is 13.4. The van der Waals surface area contributed by atoms with Crippen LogP contribution in [-0.2, 0) is 16.2 Å². The van der Waals surface area contributed by atoms with Crippen molar-refractivity contribution in [3.63, 3.8) is 0 Å². The maximum atomic E-state index is 14.8. The molecule has 296 valence electrons. The fourth-order valence-electron chi connectivity index (χ4n) is 10.2. The minimum Gasteiger partial charge on any atom is -0.308 e. The van der Waals surface area contributed by atoms with Crippen LogP contribution in [0.2, 0.25) is 5.02 Å². The Hall–Kier alpha value is -6.17. The topological polar surface area (TPSA) is 12.6 Å². The van der Waals surface area contributed by atoms with Gasteiger partial charge in [0.15, 0.2) is 11.6 Å². The van der Waals surface area contributed by atoms with Crippen LogP contribution in [0.3, 0.4) is 0 Å². The van der Waals surface area contributed by atoms with Crippen LogP contribution in [0.5, 0.6) is 0 Å². The first-order valence-corrected chi connectivity index (χ1v) is 21.1. The second-order valence-electron chi connectivity index (χ2n) is 18.7. The summed E-state index contributed by atoms with van der Waals surface area (Å²) in [4.78, 5) is 2.37. The number of imidazole rings is 1. The van der Waals surface area contributed by atoms with E-state index in [1.807, 2.05) is 28.7 Å². The lowest BCUT2D eigenvalue weighted by Crippen LogP contribution is -2.37. The molecule has 60 heavy (non-hydrogen) atoms. The predicted molar refractivity (Wildman–Crippen MR) is 244 cm³/mol. The molecule has 9 aromatic rings. The second-order valence-corrected chi connectivity index (χ2v) is 19.1. The molecule has 0 saturated carbocycles. The molecule has 1 aliphatic carbocycles. The first-order chi connectivity index (χ1) is 28.7. The number of aromatic nitrogens is 2. The summed E-state index contributed by atoms with van der Waals surface area (Å²) in [7, 11) is 0. The summed E-state index contributed by atoms with van der Waals surface area (Å²) in [6, 6.07) is 48.7. The van der Waals surface area contributed by atoms with Gasteiger partial charge in [-0.1, -0.05) is 138 Å². The van der Waals surface area contributed by atoms with Crippen LogP contribution in [-0.4, -0.2) is 8.97 Å². The molecule has 0 unspecified atom stereocenters. The Bertz CT molecular complexity index is 3190. The molecule has 2 aliphatic rings. The number of nitrogens with zero attached hydrogens (tertiary/aromatic N) is 3. The summed E-state index contributed by atoms with van der Waals surface area (Å²) in [6.07, 6.45) is 0. The van der Waals surface area contributed by atoms with Crippen molar-refractivity contribution < 1.29 is 8.78 Å². The second kappa shape index (κ2) is 12.4. The minimum absolute atomic E-state index is 0.117. The Morgan fingerprint density at radius 3 is 1.60 bits per heavy atom. The summed E-state index contributed by atoms with van der Waals surface area (Å²) in [5.41, 5.74) is 17.0. The van der Waals surface area contributed by atoms with E-state index in [4.69, 9.17) is 11.6 Å². The number of para-hydroxylation sites is 2. The lowest BCUT2D eigenvalue weighted by atomic mass is 9.63. The number of anilines is 3. The van der Waals surface area contributed by atoms with E-state index < -0.39 is 17.0 Å². The van der Waals surface area contributed by atoms with Crippen molar-refractivity contribution in [3.05, 3.63) is 195 Å². The van der Waals surface area contributed by atoms with Crippen molar-refractivity contribution in [1.82, 2.24) is 8.97 Å². The largest absolute Gasteiger partial charge is 0.308 e. The molecule has 0 amide bonds. The van der Waals surface area contributed by atoms with Crippen molar-refractivity contribution in [1.29, 1.82) is 0 Å². The molecule has 0 fully saturated rings. The molecule has 3 heterocycles. The van der Waals surface area contributed by atoms with Gasteiger partial charge in [0.2, 0.25) is 0 Å². The zero-order valence-electron chi connectivity index (χ0n) is 34.8. The van der Waals surface area contributed by atoms with Gasteiger partial charge in [-0.3, -0.25) is 8.97 Å². The van der Waals surface area contributed by atoms with Gasteiger partial charge in [-0.2, -0.15) is 0 Å². The molecule has 0 N–H and O–H groups in total. The summed E-state index contributed by atoms with van der Waals surface area (Å²) in [5.74, 6) is -1.76. The minimum atomic E-state index is -0.882. The van der Waals surface area contributed by atoms with Gasteiger partial charge in [-0.05, 0) is 116 Å². The maximum Gasteiger partial charge on any atom is 0.160 e. The molecular formula is C54H44ClF2N3. The van der Waals surface area contributed by atoms with Crippen molar-refractivity contribution >= 4 is 56.2 Å². The van der Waals surface area contributed by atoms with Gasteiger partial charge >= 0.3 is 0 Å². The van der Waals surface area contributed by atoms with Gasteiger partial charge in [0.1, 0.15) is 5.65 Å². The van der Waals surface area contributed by atoms with Crippen molar-refractivity contribution in [2.75, 3.05) is 4.90 Å². The van der Waals surface area contributed by atoms with Crippen LogP contribution < -0.4 is 4.90 Å². The highest BCUT2D eigenvalue weighted by molar-refractivity contribution is 6.36. The Balaban J connectivity index is 1.26. The molecule has 1 aliphatic heterocycles. The molecule has 0 bridgehead atoms. The van der Waals surface area contributed by atoms with E-state index in [9.17, 15) is 8.78 Å². The Morgan fingerprint density at radius 2 is 1.02 bits per heavy atom. The number of fused-ring (bicyclic) bond motifs is 14. The number of rotatable bonds is 2. The number of halogens is 3. The monoisotopic (exact) mass is 807 g/mol. The first-order valence-electron chi connectivity index (χ1n) is 20.7. The zero-order valence-corrected chi connectivity index (χ0v) is 35.5. The molecular weight excluding hydrogens is 764 g/mol. The van der Waals surface area contributed by atoms with E-state index in [0.717, 1.165) is 45.0 Å². The Labute approximate surface area is 354 Å². The van der Waals surface area contributed by atoms with Gasteiger partial charge in [0, 0.05) is 11.5 Å². The van der Waals surface area contributed by atoms with Crippen molar-refractivity contribution in [3.8, 4) is 16.8 Å². The SMILES string of the molecule is Cc1cc(N2c3ccc(C(C)(C)C)cc3C3(c4ccccc4-c4ccccc43)c3cc(C(C)(C)C)ccc32)c(Cl)c(-n2c3ccccc3n3c4cc(F)c(F)cc4cc23)c1. The summed E-state index contributed by atoms with van der Waals surface area (Å²) in [5, 5.41) is 1.17. The van der Waals surface area contributed by atoms with E-state index >= 15 is 0 Å². The lowest BCUT2D eigenvalue weighted by molar-refractivity contribution is 0.511. The van der Waals surface area contributed by atoms with Crippen LogP contribution >= 0.6 is 11.6 Å². The molecule has 0 radical (unpaired) electrons. The van der Waals surface area contributed by atoms with Crippen molar-refractivity contribution in [2.45, 2.75) is 64.7 Å². The molecule has 0 saturated heterocycles. The summed E-state index contributed by atoms with van der Waals surface area (Å²) < 4.78 is 33.6. The van der Waals surface area contributed by atoms with E-state index in [1.54, 1.807) is 0 Å². The van der Waals surface area contributed by atoms with Crippen molar-refractivity contribution in [2.24, 2.45) is 0 Å². The van der Waals surface area contributed by atoms with Gasteiger partial charge in [-0.15, -0.1) is 0 Å². The summed E-state index contributed by atoms with van der Waals surface area (Å²) in [6.45, 7) is 15.8. The zero-order chi connectivity index (χ0) is 41.6. The Kier molecular flexibility index (Phi) is 7.64. The molecule has 1 spiro atoms. The highest BCUT2D eigenvalue weighted by Gasteiger charge is 2.52. The first kappa shape index (κ1) is 36.9. The predicted octanol–water partition coefficient (Wildman–Crippen LogP) is 15.0. The highest BCUT2D eigenvalue weighted by Crippen LogP contribution is 2.64. The number of hydrogen-bond donors (Lipinski definition) is 0. The maximum absolute atomic E-state index is 14.8. The number of benzene rings is 7. The van der Waals surface area contributed by atoms with E-state index in [0.29, 0.717) is 15.9 Å². The molecule has 11 rings (SSSR count). The average molecular weight is 808 g/mol. The molecule has 7 aromatic carbocycles. The summed E-state index contributed by atoms with van der Waals surface area (Å²) >= 11 is 7.92. The van der Waals surface area contributed by atoms with Gasteiger partial charge in [0.05, 0.1) is 49.7 Å². The average Bonchev–Trinajstić information content (AvgIpc) is 3.84. The lowest BCUT2D eigenvalue weighted by Gasteiger charge is -2.46. The van der Waals surface area contributed by atoms with Gasteiger partial charge < -0.3 is 4.90 Å². The van der Waals surface area contributed by atoms with Crippen LogP contribution in [0.1, 0.15) is 80.5 Å². The number of hydrogen-bond acceptors (Lipinski definition) is 1. The van der Waals surface area contributed by atoms with Gasteiger partial charge in [0.25, 0.3) is 0 Å². The smallest absolute Gasteiger partial charge is 0.160 e. The Morgan fingerprint density at radius 1 is 0.500 bits per heavy atom. The normalized spacial score (nSPS) is 14.3. The van der Waals surface area contributed by atoms with Crippen LogP contribution in [0.25, 0.3) is 44.4 Å². The molecule has 6 heteroatoms. The highest BCUT2D eigenvalue weighted by atomic mass is 35.5. The van der Waals surface area contributed by atoms with E-state index in [-0.39, 0.29) is 10.8 Å². The van der Waals surface area contributed by atoms with E-state index in [1.165, 1.54) is 56.6 Å². The molecule has 0 atom stereocenters. The van der Waals surface area contributed by atoms with Crippen LogP contribution in [0, 0.1) is 18.6 Å². The van der Waals surface area contributed by atoms with Gasteiger partial charge in [-0.25, -0.2) is 8.78 Å². The third kappa shape index (κ3) is 4.93. The fourth-order valence-corrected chi connectivity index (χ4v) is 10.5.